The van der Waals surface area contributed by atoms with E-state index in [1.807, 2.05) is 6.92 Å². The van der Waals surface area contributed by atoms with E-state index in [0.717, 1.165) is 5.56 Å². The molecular weight excluding hydrogens is 306 g/mol. The van der Waals surface area contributed by atoms with E-state index in [-0.39, 0.29) is 17.5 Å². The quantitative estimate of drug-likeness (QED) is 0.521. The smallest absolute Gasteiger partial charge is 0.269 e. The highest BCUT2D eigenvalue weighted by Crippen LogP contribution is 2.18. The summed E-state index contributed by atoms with van der Waals surface area (Å²) >= 11 is 5.67. The fraction of sp³-hybridized carbons (Fsp3) is 0.200. The Labute approximate surface area is 132 Å². The Bertz CT molecular complexity index is 671. The summed E-state index contributed by atoms with van der Waals surface area (Å²) in [4.78, 5) is 26.0. The highest BCUT2D eigenvalue weighted by Gasteiger charge is 2.11. The maximum Gasteiger partial charge on any atom is 0.269 e. The van der Waals surface area contributed by atoms with Crippen LogP contribution in [0.3, 0.4) is 0 Å². The molecule has 0 aliphatic rings. The Kier molecular flexibility index (Phi) is 5.06. The lowest BCUT2D eigenvalue weighted by Gasteiger charge is -2.13. The van der Waals surface area contributed by atoms with Gasteiger partial charge in [0.1, 0.15) is 5.15 Å². The topological polar surface area (TPSA) is 85.1 Å². The van der Waals surface area contributed by atoms with Crippen molar-refractivity contribution >= 4 is 23.2 Å². The van der Waals surface area contributed by atoms with Crippen molar-refractivity contribution in [2.24, 2.45) is 0 Å². The Morgan fingerprint density at radius 1 is 1.32 bits per heavy atom. The van der Waals surface area contributed by atoms with E-state index in [9.17, 15) is 14.9 Å². The predicted octanol–water partition coefficient (Wildman–Crippen LogP) is 3.18. The summed E-state index contributed by atoms with van der Waals surface area (Å²) in [5.74, 6) is -0.206. The van der Waals surface area contributed by atoms with Crippen molar-refractivity contribution in [1.82, 2.24) is 10.3 Å². The van der Waals surface area contributed by atoms with Gasteiger partial charge in [-0.1, -0.05) is 30.7 Å². The monoisotopic (exact) mass is 319 g/mol. The zero-order chi connectivity index (χ0) is 16.1. The van der Waals surface area contributed by atoms with Gasteiger partial charge in [0, 0.05) is 24.9 Å². The van der Waals surface area contributed by atoms with Gasteiger partial charge in [0.15, 0.2) is 0 Å². The Morgan fingerprint density at radius 3 is 2.55 bits per heavy atom. The van der Waals surface area contributed by atoms with Crippen LogP contribution in [0.15, 0.2) is 42.6 Å². The molecular formula is C15H14ClN3O3. The lowest BCUT2D eigenvalue weighted by Crippen LogP contribution is -2.27. The minimum atomic E-state index is -0.441. The number of hydrogen-bond donors (Lipinski definition) is 1. The van der Waals surface area contributed by atoms with Gasteiger partial charge in [0.25, 0.3) is 11.6 Å². The van der Waals surface area contributed by atoms with Crippen molar-refractivity contribution < 1.29 is 9.72 Å². The van der Waals surface area contributed by atoms with Crippen molar-refractivity contribution in [3.8, 4) is 0 Å². The number of carbonyl (C=O) groups excluding carboxylic acids is 1. The molecule has 1 aromatic carbocycles. The number of pyridine rings is 1. The number of nitro benzene ring substituents is 1. The molecule has 0 radical (unpaired) electrons. The van der Waals surface area contributed by atoms with Gasteiger partial charge in [-0.05, 0) is 23.6 Å². The summed E-state index contributed by atoms with van der Waals surface area (Å²) in [6.07, 6.45) is 1.41. The van der Waals surface area contributed by atoms with Gasteiger partial charge in [-0.3, -0.25) is 14.9 Å². The maximum absolute atomic E-state index is 12.0. The van der Waals surface area contributed by atoms with Crippen LogP contribution < -0.4 is 5.32 Å². The van der Waals surface area contributed by atoms with E-state index >= 15 is 0 Å². The Hall–Kier alpha value is -2.47. The van der Waals surface area contributed by atoms with E-state index in [1.54, 1.807) is 24.3 Å². The van der Waals surface area contributed by atoms with Gasteiger partial charge >= 0.3 is 0 Å². The number of hydrogen-bond acceptors (Lipinski definition) is 4. The van der Waals surface area contributed by atoms with Crippen LogP contribution in [0.1, 0.15) is 28.8 Å². The second-order valence-electron chi connectivity index (χ2n) is 4.83. The fourth-order valence-corrected chi connectivity index (χ4v) is 2.01. The number of amides is 1. The van der Waals surface area contributed by atoms with Crippen LogP contribution in [0.5, 0.6) is 0 Å². The lowest BCUT2D eigenvalue weighted by atomic mass is 10.0. The molecule has 7 heteroatoms. The van der Waals surface area contributed by atoms with Crippen molar-refractivity contribution in [2.45, 2.75) is 12.8 Å². The molecule has 0 fully saturated rings. The Morgan fingerprint density at radius 2 is 2.00 bits per heavy atom. The van der Waals surface area contributed by atoms with Crippen molar-refractivity contribution in [2.75, 3.05) is 6.54 Å². The Balaban J connectivity index is 1.94. The number of nitro groups is 1. The number of halogens is 1. The number of aromatic nitrogens is 1. The molecule has 1 atom stereocenters. The zero-order valence-electron chi connectivity index (χ0n) is 11.8. The van der Waals surface area contributed by atoms with Crippen LogP contribution in [0, 0.1) is 10.1 Å². The number of carbonyl (C=O) groups is 1. The van der Waals surface area contributed by atoms with E-state index in [2.05, 4.69) is 10.3 Å². The average molecular weight is 320 g/mol. The minimum absolute atomic E-state index is 0.0324. The first-order valence-corrected chi connectivity index (χ1v) is 6.99. The van der Waals surface area contributed by atoms with Gasteiger partial charge in [-0.25, -0.2) is 4.98 Å². The largest absolute Gasteiger partial charge is 0.351 e. The maximum atomic E-state index is 12.0. The SMILES string of the molecule is CC(CNC(=O)c1ccc(Cl)nc1)c1ccc([N+](=O)[O-])cc1. The summed E-state index contributed by atoms with van der Waals surface area (Å²) in [5.41, 5.74) is 1.40. The summed E-state index contributed by atoms with van der Waals surface area (Å²) in [5, 5.41) is 13.7. The normalized spacial score (nSPS) is 11.7. The standard InChI is InChI=1S/C15H14ClN3O3/c1-10(11-2-5-13(6-3-11)19(21)22)8-18-15(20)12-4-7-14(16)17-9-12/h2-7,9-10H,8H2,1H3,(H,18,20). The number of nitrogens with one attached hydrogen (secondary N) is 1. The number of non-ortho nitro benzene ring substituents is 1. The van der Waals surface area contributed by atoms with Crippen LogP contribution in [-0.2, 0) is 0 Å². The second-order valence-corrected chi connectivity index (χ2v) is 5.22. The van der Waals surface area contributed by atoms with Crippen LogP contribution in [-0.4, -0.2) is 22.4 Å². The molecule has 0 bridgehead atoms. The van der Waals surface area contributed by atoms with Crippen LogP contribution in [0.4, 0.5) is 5.69 Å². The molecule has 1 aromatic heterocycles. The first-order chi connectivity index (χ1) is 10.5. The minimum Gasteiger partial charge on any atom is -0.351 e. The zero-order valence-corrected chi connectivity index (χ0v) is 12.6. The predicted molar refractivity (Wildman–Crippen MR) is 83.1 cm³/mol. The number of nitrogens with zero attached hydrogens (tertiary/aromatic N) is 2. The van der Waals surface area contributed by atoms with Crippen LogP contribution >= 0.6 is 11.6 Å². The third-order valence-corrected chi connectivity index (χ3v) is 3.45. The molecule has 0 spiro atoms. The number of rotatable bonds is 5. The fourth-order valence-electron chi connectivity index (χ4n) is 1.90. The summed E-state index contributed by atoms with van der Waals surface area (Å²) < 4.78 is 0. The van der Waals surface area contributed by atoms with Crippen LogP contribution in [0.2, 0.25) is 5.15 Å². The summed E-state index contributed by atoms with van der Waals surface area (Å²) in [7, 11) is 0. The highest BCUT2D eigenvalue weighted by molar-refractivity contribution is 6.29. The molecule has 2 rings (SSSR count). The molecule has 22 heavy (non-hydrogen) atoms. The molecule has 1 heterocycles. The highest BCUT2D eigenvalue weighted by atomic mass is 35.5. The molecule has 6 nitrogen and oxygen atoms in total. The van der Waals surface area contributed by atoms with Crippen molar-refractivity contribution in [3.05, 3.63) is 69.0 Å². The van der Waals surface area contributed by atoms with E-state index in [1.165, 1.54) is 18.3 Å². The van der Waals surface area contributed by atoms with E-state index in [4.69, 9.17) is 11.6 Å². The molecule has 0 saturated carbocycles. The average Bonchev–Trinajstić information content (AvgIpc) is 2.53. The van der Waals surface area contributed by atoms with Crippen LogP contribution in [0.25, 0.3) is 0 Å². The molecule has 1 N–H and O–H groups in total. The molecule has 0 aliphatic heterocycles. The summed E-state index contributed by atoms with van der Waals surface area (Å²) in [6.45, 7) is 2.35. The van der Waals surface area contributed by atoms with Gasteiger partial charge in [-0.2, -0.15) is 0 Å². The van der Waals surface area contributed by atoms with E-state index in [0.29, 0.717) is 17.3 Å². The second kappa shape index (κ2) is 7.00. The first-order valence-electron chi connectivity index (χ1n) is 6.61. The van der Waals surface area contributed by atoms with Gasteiger partial charge in [-0.15, -0.1) is 0 Å². The molecule has 0 aliphatic carbocycles. The molecule has 0 saturated heterocycles. The third kappa shape index (κ3) is 4.02. The summed E-state index contributed by atoms with van der Waals surface area (Å²) in [6, 6.07) is 9.45. The van der Waals surface area contributed by atoms with Crippen molar-refractivity contribution in [1.29, 1.82) is 0 Å². The van der Waals surface area contributed by atoms with Gasteiger partial charge < -0.3 is 5.32 Å². The van der Waals surface area contributed by atoms with Gasteiger partial charge in [0.05, 0.1) is 10.5 Å². The molecule has 1 unspecified atom stereocenters. The van der Waals surface area contributed by atoms with Gasteiger partial charge in [0.2, 0.25) is 0 Å². The lowest BCUT2D eigenvalue weighted by molar-refractivity contribution is -0.384. The van der Waals surface area contributed by atoms with E-state index < -0.39 is 4.92 Å². The molecule has 114 valence electrons. The number of benzene rings is 1. The van der Waals surface area contributed by atoms with Crippen molar-refractivity contribution in [3.63, 3.8) is 0 Å². The third-order valence-electron chi connectivity index (χ3n) is 3.23. The molecule has 1 amide bonds. The first kappa shape index (κ1) is 15.9. The molecule has 2 aromatic rings.